The molecule has 2 aliphatic heterocycles. The van der Waals surface area contributed by atoms with Gasteiger partial charge in [-0.15, -0.1) is 5.10 Å². The molecule has 33 heavy (non-hydrogen) atoms. The minimum absolute atomic E-state index is 0.0952. The van der Waals surface area contributed by atoms with Crippen LogP contribution >= 0.6 is 0 Å². The second-order valence-electron chi connectivity index (χ2n) is 8.55. The minimum atomic E-state index is -0.149. The van der Waals surface area contributed by atoms with E-state index in [1.807, 2.05) is 66.4 Å². The number of amides is 2. The van der Waals surface area contributed by atoms with Gasteiger partial charge < -0.3 is 14.5 Å². The quantitative estimate of drug-likeness (QED) is 0.616. The summed E-state index contributed by atoms with van der Waals surface area (Å²) < 4.78 is 7.79. The Balaban J connectivity index is 1.20. The maximum atomic E-state index is 13.1. The second-order valence-corrected chi connectivity index (χ2v) is 8.55. The Bertz CT molecular complexity index is 1150. The normalized spacial score (nSPS) is 18.2. The highest BCUT2D eigenvalue weighted by Gasteiger charge is 2.32. The first-order valence-corrected chi connectivity index (χ1v) is 11.3. The average molecular weight is 446 g/mol. The number of rotatable bonds is 4. The molecule has 0 saturated carbocycles. The number of aromatic nitrogens is 3. The van der Waals surface area contributed by atoms with Crippen LogP contribution in [0.1, 0.15) is 39.0 Å². The molecule has 3 aromatic rings. The maximum absolute atomic E-state index is 13.1. The van der Waals surface area contributed by atoms with Crippen molar-refractivity contribution >= 4 is 11.8 Å². The largest absolute Gasteiger partial charge is 0.365 e. The van der Waals surface area contributed by atoms with Crippen molar-refractivity contribution in [2.75, 3.05) is 26.2 Å². The molecule has 0 radical (unpaired) electrons. The number of fused-ring (bicyclic) bond motifs is 1. The number of ether oxygens (including phenoxy) is 1. The van der Waals surface area contributed by atoms with Crippen LogP contribution in [0.4, 0.5) is 0 Å². The predicted octanol–water partition coefficient (Wildman–Crippen LogP) is 2.39. The van der Waals surface area contributed by atoms with Crippen LogP contribution in [0.5, 0.6) is 0 Å². The zero-order valence-corrected chi connectivity index (χ0v) is 18.7. The molecule has 1 fully saturated rings. The first-order valence-electron chi connectivity index (χ1n) is 11.3. The van der Waals surface area contributed by atoms with Crippen molar-refractivity contribution in [3.8, 4) is 0 Å². The van der Waals surface area contributed by atoms with Gasteiger partial charge in [0.1, 0.15) is 6.10 Å². The molecule has 8 nitrogen and oxygen atoms in total. The first-order chi connectivity index (χ1) is 16.1. The van der Waals surface area contributed by atoms with Crippen LogP contribution in [-0.4, -0.2) is 62.8 Å². The molecule has 2 aliphatic rings. The van der Waals surface area contributed by atoms with Gasteiger partial charge in [-0.25, -0.2) is 4.68 Å². The molecule has 0 unspecified atom stereocenters. The zero-order chi connectivity index (χ0) is 22.8. The molecule has 170 valence electrons. The lowest BCUT2D eigenvalue weighted by molar-refractivity contribution is -0.131. The van der Waals surface area contributed by atoms with Crippen LogP contribution < -0.4 is 0 Å². The van der Waals surface area contributed by atoms with Gasteiger partial charge in [0, 0.05) is 26.2 Å². The number of aryl methyl sites for hydroxylation is 1. The molecule has 0 bridgehead atoms. The predicted molar refractivity (Wildman–Crippen MR) is 121 cm³/mol. The summed E-state index contributed by atoms with van der Waals surface area (Å²) in [6.07, 6.45) is 0.283. The molecule has 2 aromatic carbocycles. The topological polar surface area (TPSA) is 80.6 Å². The fourth-order valence-corrected chi connectivity index (χ4v) is 4.44. The summed E-state index contributed by atoms with van der Waals surface area (Å²) in [5, 5.41) is 8.40. The summed E-state index contributed by atoms with van der Waals surface area (Å²) in [5.74, 6) is -0.0539. The average Bonchev–Trinajstić information content (AvgIpc) is 3.29. The highest BCUT2D eigenvalue weighted by molar-refractivity contribution is 5.93. The highest BCUT2D eigenvalue weighted by atomic mass is 16.5. The van der Waals surface area contributed by atoms with E-state index >= 15 is 0 Å². The molecule has 0 N–H and O–H groups in total. The molecular formula is C25H27N5O3. The monoisotopic (exact) mass is 445 g/mol. The Morgan fingerprint density at radius 1 is 0.970 bits per heavy atom. The summed E-state index contributed by atoms with van der Waals surface area (Å²) in [6.45, 7) is 4.85. The summed E-state index contributed by atoms with van der Waals surface area (Å²) >= 11 is 0. The van der Waals surface area contributed by atoms with E-state index in [0.717, 1.165) is 16.7 Å². The van der Waals surface area contributed by atoms with Crippen LogP contribution in [-0.2, 0) is 29.1 Å². The van der Waals surface area contributed by atoms with Gasteiger partial charge in [-0.2, -0.15) is 0 Å². The fraction of sp³-hybridized carbons (Fsp3) is 0.360. The van der Waals surface area contributed by atoms with Gasteiger partial charge in [0.15, 0.2) is 5.69 Å². The molecule has 1 saturated heterocycles. The summed E-state index contributed by atoms with van der Waals surface area (Å²) in [4.78, 5) is 29.5. The van der Waals surface area contributed by atoms with Gasteiger partial charge in [-0.1, -0.05) is 59.8 Å². The van der Waals surface area contributed by atoms with Crippen LogP contribution in [0, 0.1) is 6.92 Å². The molecule has 3 heterocycles. The fourth-order valence-electron chi connectivity index (χ4n) is 4.44. The van der Waals surface area contributed by atoms with Crippen molar-refractivity contribution in [3.05, 3.63) is 82.7 Å². The Kier molecular flexibility index (Phi) is 5.92. The van der Waals surface area contributed by atoms with Crippen LogP contribution in [0.2, 0.25) is 0 Å². The number of hydrogen-bond donors (Lipinski definition) is 0. The Morgan fingerprint density at radius 2 is 1.67 bits per heavy atom. The number of piperazine rings is 1. The minimum Gasteiger partial charge on any atom is -0.365 e. The summed E-state index contributed by atoms with van der Waals surface area (Å²) in [5.41, 5.74) is 4.31. The van der Waals surface area contributed by atoms with Gasteiger partial charge in [-0.05, 0) is 23.6 Å². The Hall–Kier alpha value is -3.52. The van der Waals surface area contributed by atoms with Crippen LogP contribution in [0.15, 0.2) is 54.6 Å². The van der Waals surface area contributed by atoms with Crippen molar-refractivity contribution in [1.82, 2.24) is 24.8 Å². The zero-order valence-electron chi connectivity index (χ0n) is 18.7. The van der Waals surface area contributed by atoms with Gasteiger partial charge in [0.25, 0.3) is 5.91 Å². The van der Waals surface area contributed by atoms with Crippen molar-refractivity contribution in [2.45, 2.75) is 32.6 Å². The third kappa shape index (κ3) is 4.39. The van der Waals surface area contributed by atoms with Crippen molar-refractivity contribution < 1.29 is 14.3 Å². The van der Waals surface area contributed by atoms with Crippen LogP contribution in [0.25, 0.3) is 0 Å². The third-order valence-corrected chi connectivity index (χ3v) is 6.49. The van der Waals surface area contributed by atoms with E-state index < -0.39 is 0 Å². The highest BCUT2D eigenvalue weighted by Crippen LogP contribution is 2.27. The molecule has 0 aliphatic carbocycles. The molecular weight excluding hydrogens is 418 g/mol. The molecule has 1 atom stereocenters. The maximum Gasteiger partial charge on any atom is 0.276 e. The van der Waals surface area contributed by atoms with Crippen LogP contribution in [0.3, 0.4) is 0 Å². The summed E-state index contributed by atoms with van der Waals surface area (Å²) in [6, 6.07) is 17.9. The van der Waals surface area contributed by atoms with Gasteiger partial charge in [-0.3, -0.25) is 9.59 Å². The smallest absolute Gasteiger partial charge is 0.276 e. The number of nitrogens with zero attached hydrogens (tertiary/aromatic N) is 5. The van der Waals surface area contributed by atoms with Gasteiger partial charge in [0.2, 0.25) is 5.91 Å². The number of carbonyl (C=O) groups is 2. The number of benzene rings is 2. The van der Waals surface area contributed by atoms with Crippen molar-refractivity contribution in [2.24, 2.45) is 0 Å². The van der Waals surface area contributed by atoms with E-state index in [0.29, 0.717) is 57.1 Å². The standard InChI is InChI=1S/C25H27N5O3/c1-18-7-5-6-10-20(18)15-23(31)28-11-13-29(14-12-28)25(32)24-21-17-33-22(16-30(21)27-26-24)19-8-3-2-4-9-19/h2-10,22H,11-17H2,1H3/t22-/m0/s1. The number of hydrogen-bond acceptors (Lipinski definition) is 5. The van der Waals surface area contributed by atoms with E-state index in [-0.39, 0.29) is 17.9 Å². The lowest BCUT2D eigenvalue weighted by Gasteiger charge is -2.34. The van der Waals surface area contributed by atoms with E-state index in [9.17, 15) is 9.59 Å². The lowest BCUT2D eigenvalue weighted by atomic mass is 10.1. The SMILES string of the molecule is Cc1ccccc1CC(=O)N1CCN(C(=O)c2nnn3c2CO[C@H](c2ccccc2)C3)CC1. The first kappa shape index (κ1) is 21.3. The van der Waals surface area contributed by atoms with Gasteiger partial charge >= 0.3 is 0 Å². The van der Waals surface area contributed by atoms with Crippen molar-refractivity contribution in [3.63, 3.8) is 0 Å². The lowest BCUT2D eigenvalue weighted by Crippen LogP contribution is -2.51. The van der Waals surface area contributed by atoms with E-state index in [4.69, 9.17) is 4.74 Å². The summed E-state index contributed by atoms with van der Waals surface area (Å²) in [7, 11) is 0. The second kappa shape index (κ2) is 9.15. The Labute approximate surface area is 192 Å². The van der Waals surface area contributed by atoms with Crippen molar-refractivity contribution in [1.29, 1.82) is 0 Å². The van der Waals surface area contributed by atoms with E-state index in [1.165, 1.54) is 0 Å². The van der Waals surface area contributed by atoms with E-state index in [2.05, 4.69) is 10.3 Å². The Morgan fingerprint density at radius 3 is 2.42 bits per heavy atom. The third-order valence-electron chi connectivity index (χ3n) is 6.49. The van der Waals surface area contributed by atoms with E-state index in [1.54, 1.807) is 9.58 Å². The van der Waals surface area contributed by atoms with Gasteiger partial charge in [0.05, 0.1) is 25.3 Å². The molecule has 8 heteroatoms. The molecule has 0 spiro atoms. The number of carbonyl (C=O) groups excluding carboxylic acids is 2. The molecule has 5 rings (SSSR count). The molecule has 2 amide bonds. The molecule has 1 aromatic heterocycles.